The second kappa shape index (κ2) is 12.7. The Morgan fingerprint density at radius 3 is 2.63 bits per heavy atom. The molecule has 1 N–H and O–H groups in total. The van der Waals surface area contributed by atoms with Gasteiger partial charge in [0.2, 0.25) is 5.82 Å². The van der Waals surface area contributed by atoms with Gasteiger partial charge in [-0.2, -0.15) is 10.2 Å². The molecular weight excluding hydrogens is 518 g/mol. The molecule has 2 aromatic rings. The number of carbonyl (C=O) groups excluding carboxylic acids is 1. The molecule has 9 nitrogen and oxygen atoms in total. The van der Waals surface area contributed by atoms with Crippen LogP contribution in [-0.4, -0.2) is 58.0 Å². The zero-order chi connectivity index (χ0) is 29.7. The van der Waals surface area contributed by atoms with Gasteiger partial charge < -0.3 is 24.2 Å². The van der Waals surface area contributed by atoms with E-state index < -0.39 is 5.60 Å². The van der Waals surface area contributed by atoms with Gasteiger partial charge in [-0.1, -0.05) is 23.9 Å². The highest BCUT2D eigenvalue weighted by Gasteiger charge is 2.32. The Kier molecular flexibility index (Phi) is 9.34. The largest absolute Gasteiger partial charge is 0.490 e. The van der Waals surface area contributed by atoms with Crippen molar-refractivity contribution in [3.05, 3.63) is 59.5 Å². The van der Waals surface area contributed by atoms with Gasteiger partial charge in [0.05, 0.1) is 11.7 Å². The van der Waals surface area contributed by atoms with Crippen LogP contribution in [0.4, 0.5) is 4.79 Å². The Hall–Kier alpha value is -3.90. The second-order valence-electron chi connectivity index (χ2n) is 11.8. The van der Waals surface area contributed by atoms with Crippen LogP contribution >= 0.6 is 0 Å². The normalized spacial score (nSPS) is 19.6. The number of nitriles is 1. The standard InChI is InChI=1S/C32H41N5O4/c1-8-9-26(29-35-30(41-36-29)22-10-13-28(39-20(2)3)23(18-22)19-33)25-11-12-27(21(25)4)34-24-14-16-37(17-15-24)31(38)40-32(5,6)7/h8-10,13,18,20,24,27,34H,4,11-12,14-17H2,1-3,5-7H3/b9-8-,26-25+. The quantitative estimate of drug-likeness (QED) is 0.413. The van der Waals surface area contributed by atoms with Crippen LogP contribution in [0.3, 0.4) is 0 Å². The zero-order valence-corrected chi connectivity index (χ0v) is 25.0. The van der Waals surface area contributed by atoms with Gasteiger partial charge in [-0.25, -0.2) is 4.79 Å². The van der Waals surface area contributed by atoms with Crippen LogP contribution in [-0.2, 0) is 4.74 Å². The van der Waals surface area contributed by atoms with Gasteiger partial charge in [-0.15, -0.1) is 0 Å². The van der Waals surface area contributed by atoms with Crippen molar-refractivity contribution >= 4 is 11.7 Å². The maximum atomic E-state index is 12.4. The van der Waals surface area contributed by atoms with Crippen LogP contribution in [0.25, 0.3) is 17.0 Å². The average molecular weight is 560 g/mol. The molecule has 1 saturated carbocycles. The van der Waals surface area contributed by atoms with Crippen LogP contribution in [0, 0.1) is 11.3 Å². The lowest BCUT2D eigenvalue weighted by molar-refractivity contribution is 0.0197. The van der Waals surface area contributed by atoms with E-state index in [0.717, 1.165) is 42.4 Å². The molecule has 1 saturated heterocycles. The summed E-state index contributed by atoms with van der Waals surface area (Å²) in [5.74, 6) is 1.35. The number of likely N-dealkylation sites (tertiary alicyclic amines) is 1. The van der Waals surface area contributed by atoms with E-state index in [-0.39, 0.29) is 18.2 Å². The molecule has 1 aromatic heterocycles. The van der Waals surface area contributed by atoms with Crippen molar-refractivity contribution in [1.82, 2.24) is 20.4 Å². The minimum Gasteiger partial charge on any atom is -0.490 e. The smallest absolute Gasteiger partial charge is 0.410 e. The minimum absolute atomic E-state index is 0.0409. The molecule has 218 valence electrons. The van der Waals surface area contributed by atoms with E-state index in [1.54, 1.807) is 17.0 Å². The third-order valence-corrected chi connectivity index (χ3v) is 7.11. The number of piperidine rings is 1. The number of nitrogens with one attached hydrogen (secondary N) is 1. The number of aromatic nitrogens is 2. The molecular formula is C32H41N5O4. The van der Waals surface area contributed by atoms with E-state index in [1.807, 2.05) is 59.8 Å². The van der Waals surface area contributed by atoms with Gasteiger partial charge in [0.15, 0.2) is 0 Å². The maximum absolute atomic E-state index is 12.4. The molecule has 1 aromatic carbocycles. The highest BCUT2D eigenvalue weighted by molar-refractivity contribution is 5.78. The van der Waals surface area contributed by atoms with Crippen molar-refractivity contribution in [3.63, 3.8) is 0 Å². The number of amides is 1. The minimum atomic E-state index is -0.493. The van der Waals surface area contributed by atoms with Crippen molar-refractivity contribution in [2.24, 2.45) is 0 Å². The number of carbonyl (C=O) groups is 1. The molecule has 2 aliphatic rings. The summed E-state index contributed by atoms with van der Waals surface area (Å²) in [6.07, 6.45) is 7.17. The molecule has 2 heterocycles. The number of hydrogen-bond acceptors (Lipinski definition) is 8. The number of nitrogens with zero attached hydrogens (tertiary/aromatic N) is 4. The topological polar surface area (TPSA) is 114 Å². The summed E-state index contributed by atoms with van der Waals surface area (Å²) in [7, 11) is 0. The summed E-state index contributed by atoms with van der Waals surface area (Å²) in [6.45, 7) is 17.2. The predicted octanol–water partition coefficient (Wildman–Crippen LogP) is 6.43. The van der Waals surface area contributed by atoms with Gasteiger partial charge in [0.25, 0.3) is 5.89 Å². The average Bonchev–Trinajstić information content (AvgIpc) is 3.54. The van der Waals surface area contributed by atoms with E-state index in [0.29, 0.717) is 47.7 Å². The third kappa shape index (κ3) is 7.44. The molecule has 4 rings (SSSR count). The molecule has 1 unspecified atom stereocenters. The molecule has 1 aliphatic carbocycles. The van der Waals surface area contributed by atoms with Crippen LogP contribution in [0.15, 0.2) is 52.6 Å². The molecule has 9 heteroatoms. The van der Waals surface area contributed by atoms with Crippen molar-refractivity contribution in [2.75, 3.05) is 13.1 Å². The summed E-state index contributed by atoms with van der Waals surface area (Å²) in [5.41, 5.74) is 3.60. The SMILES string of the molecule is C=C1/C(=C(\C=C/C)c2noc(-c3ccc(OC(C)C)c(C#N)c3)n2)CCC1NC1CCN(C(=O)OC(C)(C)C)CC1. The van der Waals surface area contributed by atoms with Gasteiger partial charge in [0, 0.05) is 36.3 Å². The van der Waals surface area contributed by atoms with E-state index in [4.69, 9.17) is 14.0 Å². The van der Waals surface area contributed by atoms with Crippen molar-refractivity contribution < 1.29 is 18.8 Å². The molecule has 2 fully saturated rings. The Morgan fingerprint density at radius 2 is 2.00 bits per heavy atom. The van der Waals surface area contributed by atoms with Gasteiger partial charge in [0.1, 0.15) is 17.4 Å². The summed E-state index contributed by atoms with van der Waals surface area (Å²) in [5, 5.41) is 17.7. The Bertz CT molecular complexity index is 1370. The van der Waals surface area contributed by atoms with E-state index >= 15 is 0 Å². The van der Waals surface area contributed by atoms with Crippen LogP contribution in [0.1, 0.15) is 78.6 Å². The van der Waals surface area contributed by atoms with Crippen molar-refractivity contribution in [1.29, 1.82) is 5.26 Å². The highest BCUT2D eigenvalue weighted by atomic mass is 16.6. The Labute approximate surface area is 242 Å². The van der Waals surface area contributed by atoms with Crippen molar-refractivity contribution in [3.8, 4) is 23.3 Å². The molecule has 1 aliphatic heterocycles. The lowest BCUT2D eigenvalue weighted by atomic mass is 9.99. The first-order valence-electron chi connectivity index (χ1n) is 14.3. The zero-order valence-electron chi connectivity index (χ0n) is 25.0. The van der Waals surface area contributed by atoms with Crippen LogP contribution in [0.5, 0.6) is 5.75 Å². The Morgan fingerprint density at radius 1 is 1.27 bits per heavy atom. The number of benzene rings is 1. The van der Waals surface area contributed by atoms with Gasteiger partial charge in [-0.05, 0) is 96.6 Å². The number of allylic oxidation sites excluding steroid dienone is 3. The lowest BCUT2D eigenvalue weighted by Gasteiger charge is -2.35. The summed E-state index contributed by atoms with van der Waals surface area (Å²) in [6, 6.07) is 7.92. The van der Waals surface area contributed by atoms with Crippen LogP contribution in [0.2, 0.25) is 0 Å². The van der Waals surface area contributed by atoms with Gasteiger partial charge in [-0.3, -0.25) is 0 Å². The molecule has 0 bridgehead atoms. The first kappa shape index (κ1) is 30.1. The third-order valence-electron chi connectivity index (χ3n) is 7.11. The number of hydrogen-bond donors (Lipinski definition) is 1. The van der Waals surface area contributed by atoms with Gasteiger partial charge >= 0.3 is 6.09 Å². The first-order valence-corrected chi connectivity index (χ1v) is 14.3. The van der Waals surface area contributed by atoms with E-state index in [1.165, 1.54) is 0 Å². The predicted molar refractivity (Wildman–Crippen MR) is 158 cm³/mol. The fourth-order valence-corrected chi connectivity index (χ4v) is 5.20. The molecule has 0 radical (unpaired) electrons. The van der Waals surface area contributed by atoms with Crippen LogP contribution < -0.4 is 10.1 Å². The fourth-order valence-electron chi connectivity index (χ4n) is 5.20. The number of rotatable bonds is 7. The molecule has 1 atom stereocenters. The number of ether oxygens (including phenoxy) is 2. The summed E-state index contributed by atoms with van der Waals surface area (Å²) < 4.78 is 16.9. The molecule has 0 spiro atoms. The fraction of sp³-hybridized carbons (Fsp3) is 0.500. The lowest BCUT2D eigenvalue weighted by Crippen LogP contribution is -2.48. The highest BCUT2D eigenvalue weighted by Crippen LogP contribution is 2.37. The monoisotopic (exact) mass is 559 g/mol. The molecule has 41 heavy (non-hydrogen) atoms. The van der Waals surface area contributed by atoms with Crippen molar-refractivity contribution in [2.45, 2.75) is 91.0 Å². The first-order chi connectivity index (χ1) is 19.5. The summed E-state index contributed by atoms with van der Waals surface area (Å²) >= 11 is 0. The Balaban J connectivity index is 1.45. The van der Waals surface area contributed by atoms with E-state index in [9.17, 15) is 10.1 Å². The maximum Gasteiger partial charge on any atom is 0.410 e. The summed E-state index contributed by atoms with van der Waals surface area (Å²) in [4.78, 5) is 18.9. The second-order valence-corrected chi connectivity index (χ2v) is 11.8. The van der Waals surface area contributed by atoms with E-state index in [2.05, 4.69) is 28.1 Å². The molecule has 1 amide bonds.